The zero-order valence-corrected chi connectivity index (χ0v) is 8.79. The van der Waals surface area contributed by atoms with Crippen molar-refractivity contribution in [1.82, 2.24) is 0 Å². The maximum absolute atomic E-state index is 6.00. The molecule has 0 saturated heterocycles. The summed E-state index contributed by atoms with van der Waals surface area (Å²) in [5.41, 5.74) is 3.50. The Kier molecular flexibility index (Phi) is 1.93. The lowest BCUT2D eigenvalue weighted by molar-refractivity contribution is 0.302. The monoisotopic (exact) mass is 216 g/mol. The van der Waals surface area contributed by atoms with Crippen molar-refractivity contribution in [2.45, 2.75) is 6.61 Å². The van der Waals surface area contributed by atoms with Gasteiger partial charge in [-0.3, -0.25) is 0 Å². The van der Waals surface area contributed by atoms with E-state index in [2.05, 4.69) is 6.07 Å². The fourth-order valence-electron chi connectivity index (χ4n) is 1.90. The lowest BCUT2D eigenvalue weighted by Crippen LogP contribution is -2.04. The molecule has 74 valence electrons. The summed E-state index contributed by atoms with van der Waals surface area (Å²) in [6, 6.07) is 14.0. The summed E-state index contributed by atoms with van der Waals surface area (Å²) < 4.78 is 5.65. The molecule has 0 saturated carbocycles. The summed E-state index contributed by atoms with van der Waals surface area (Å²) in [7, 11) is 0. The van der Waals surface area contributed by atoms with Gasteiger partial charge in [0.25, 0.3) is 0 Å². The Hall–Kier alpha value is -1.47. The van der Waals surface area contributed by atoms with Crippen molar-refractivity contribution in [3.05, 3.63) is 53.1 Å². The van der Waals surface area contributed by atoms with Gasteiger partial charge in [-0.05, 0) is 29.3 Å². The molecule has 2 aromatic rings. The molecule has 3 rings (SSSR count). The Morgan fingerprint density at radius 3 is 2.80 bits per heavy atom. The smallest absolute Gasteiger partial charge is 0.127 e. The molecule has 1 aliphatic heterocycles. The summed E-state index contributed by atoms with van der Waals surface area (Å²) >= 11 is 6.00. The lowest BCUT2D eigenvalue weighted by atomic mass is 9.97. The lowest BCUT2D eigenvalue weighted by Gasteiger charge is -2.20. The summed E-state index contributed by atoms with van der Waals surface area (Å²) in [5.74, 6) is 0.937. The average molecular weight is 217 g/mol. The van der Waals surface area contributed by atoms with E-state index in [0.29, 0.717) is 6.61 Å². The molecule has 0 radical (unpaired) electrons. The highest BCUT2D eigenvalue weighted by molar-refractivity contribution is 6.30. The molecular formula is C13H9ClO. The van der Waals surface area contributed by atoms with Gasteiger partial charge in [-0.25, -0.2) is 0 Å². The third-order valence-corrected chi connectivity index (χ3v) is 2.87. The number of fused-ring (bicyclic) bond motifs is 3. The van der Waals surface area contributed by atoms with Crippen molar-refractivity contribution >= 4 is 11.6 Å². The molecule has 2 heteroatoms. The van der Waals surface area contributed by atoms with Crippen LogP contribution in [-0.4, -0.2) is 0 Å². The Morgan fingerprint density at radius 2 is 1.87 bits per heavy atom. The second-order valence-corrected chi connectivity index (χ2v) is 4.02. The van der Waals surface area contributed by atoms with Crippen LogP contribution >= 0.6 is 11.6 Å². The third kappa shape index (κ3) is 1.40. The number of para-hydroxylation sites is 1. The fourth-order valence-corrected chi connectivity index (χ4v) is 2.07. The van der Waals surface area contributed by atoms with Crippen LogP contribution in [0.4, 0.5) is 0 Å². The molecule has 1 heterocycles. The molecule has 0 unspecified atom stereocenters. The largest absolute Gasteiger partial charge is 0.488 e. The van der Waals surface area contributed by atoms with Gasteiger partial charge in [-0.1, -0.05) is 35.9 Å². The van der Waals surface area contributed by atoms with Crippen molar-refractivity contribution in [1.29, 1.82) is 0 Å². The Morgan fingerprint density at radius 1 is 1.00 bits per heavy atom. The van der Waals surface area contributed by atoms with Crippen molar-refractivity contribution in [2.24, 2.45) is 0 Å². The van der Waals surface area contributed by atoms with E-state index in [4.69, 9.17) is 16.3 Å². The fraction of sp³-hybridized carbons (Fsp3) is 0.0769. The Bertz CT molecular complexity index is 520. The first-order chi connectivity index (χ1) is 7.34. The van der Waals surface area contributed by atoms with Gasteiger partial charge in [0.2, 0.25) is 0 Å². The Balaban J connectivity index is 2.28. The molecule has 15 heavy (non-hydrogen) atoms. The summed E-state index contributed by atoms with van der Waals surface area (Å²) in [4.78, 5) is 0. The minimum Gasteiger partial charge on any atom is -0.488 e. The van der Waals surface area contributed by atoms with Crippen LogP contribution in [0.5, 0.6) is 5.75 Å². The quantitative estimate of drug-likeness (QED) is 0.649. The van der Waals surface area contributed by atoms with E-state index in [9.17, 15) is 0 Å². The van der Waals surface area contributed by atoms with Gasteiger partial charge in [0.05, 0.1) is 0 Å². The highest BCUT2D eigenvalue weighted by Gasteiger charge is 2.16. The van der Waals surface area contributed by atoms with Crippen LogP contribution in [0.1, 0.15) is 5.56 Å². The van der Waals surface area contributed by atoms with Gasteiger partial charge < -0.3 is 4.74 Å². The van der Waals surface area contributed by atoms with E-state index in [0.717, 1.165) is 16.3 Å². The minimum atomic E-state index is 0.628. The van der Waals surface area contributed by atoms with E-state index in [1.807, 2.05) is 36.4 Å². The second kappa shape index (κ2) is 3.28. The average Bonchev–Trinajstić information content (AvgIpc) is 2.29. The third-order valence-electron chi connectivity index (χ3n) is 2.63. The van der Waals surface area contributed by atoms with Crippen molar-refractivity contribution in [3.63, 3.8) is 0 Å². The molecule has 0 amide bonds. The van der Waals surface area contributed by atoms with Gasteiger partial charge in [0.1, 0.15) is 12.4 Å². The summed E-state index contributed by atoms with van der Waals surface area (Å²) in [6.07, 6.45) is 0. The first-order valence-electron chi connectivity index (χ1n) is 4.85. The zero-order chi connectivity index (χ0) is 10.3. The van der Waals surface area contributed by atoms with Crippen LogP contribution in [0.3, 0.4) is 0 Å². The van der Waals surface area contributed by atoms with E-state index in [1.165, 1.54) is 11.1 Å². The minimum absolute atomic E-state index is 0.628. The standard InChI is InChI=1S/C13H9ClO/c14-10-6-5-9-8-15-13-4-2-1-3-11(13)12(9)7-10/h1-7H,8H2. The van der Waals surface area contributed by atoms with Gasteiger partial charge in [-0.2, -0.15) is 0 Å². The molecule has 0 bridgehead atoms. The molecule has 0 atom stereocenters. The van der Waals surface area contributed by atoms with Gasteiger partial charge in [0, 0.05) is 10.6 Å². The van der Waals surface area contributed by atoms with Crippen LogP contribution in [0.25, 0.3) is 11.1 Å². The number of ether oxygens (including phenoxy) is 1. The molecule has 0 aromatic heterocycles. The van der Waals surface area contributed by atoms with E-state index in [1.54, 1.807) is 0 Å². The number of benzene rings is 2. The molecule has 1 aliphatic rings. The number of hydrogen-bond donors (Lipinski definition) is 0. The first-order valence-corrected chi connectivity index (χ1v) is 5.23. The number of hydrogen-bond acceptors (Lipinski definition) is 1. The molecule has 0 N–H and O–H groups in total. The van der Waals surface area contributed by atoms with E-state index < -0.39 is 0 Å². The SMILES string of the molecule is Clc1ccc2c(c1)-c1ccccc1OC2. The number of rotatable bonds is 0. The molecule has 2 aromatic carbocycles. The van der Waals surface area contributed by atoms with Crippen molar-refractivity contribution in [3.8, 4) is 16.9 Å². The normalized spacial score (nSPS) is 12.6. The molecule has 0 fully saturated rings. The first kappa shape index (κ1) is 8.81. The number of halogens is 1. The second-order valence-electron chi connectivity index (χ2n) is 3.59. The van der Waals surface area contributed by atoms with Crippen LogP contribution < -0.4 is 4.74 Å². The van der Waals surface area contributed by atoms with E-state index >= 15 is 0 Å². The maximum atomic E-state index is 6.00. The summed E-state index contributed by atoms with van der Waals surface area (Å²) in [5, 5.41) is 0.769. The van der Waals surface area contributed by atoms with Gasteiger partial charge >= 0.3 is 0 Å². The van der Waals surface area contributed by atoms with Crippen LogP contribution in [0.2, 0.25) is 5.02 Å². The van der Waals surface area contributed by atoms with Crippen molar-refractivity contribution in [2.75, 3.05) is 0 Å². The van der Waals surface area contributed by atoms with Gasteiger partial charge in [0.15, 0.2) is 0 Å². The molecule has 0 aliphatic carbocycles. The van der Waals surface area contributed by atoms with Crippen LogP contribution in [-0.2, 0) is 6.61 Å². The predicted octanol–water partition coefficient (Wildman–Crippen LogP) is 3.90. The summed E-state index contributed by atoms with van der Waals surface area (Å²) in [6.45, 7) is 0.628. The highest BCUT2D eigenvalue weighted by atomic mass is 35.5. The zero-order valence-electron chi connectivity index (χ0n) is 8.03. The predicted molar refractivity (Wildman–Crippen MR) is 61.2 cm³/mol. The highest BCUT2D eigenvalue weighted by Crippen LogP contribution is 2.38. The Labute approximate surface area is 93.3 Å². The van der Waals surface area contributed by atoms with Gasteiger partial charge in [-0.15, -0.1) is 0 Å². The maximum Gasteiger partial charge on any atom is 0.127 e. The van der Waals surface area contributed by atoms with Crippen LogP contribution in [0.15, 0.2) is 42.5 Å². The molecular weight excluding hydrogens is 208 g/mol. The van der Waals surface area contributed by atoms with Crippen LogP contribution in [0, 0.1) is 0 Å². The van der Waals surface area contributed by atoms with Crippen molar-refractivity contribution < 1.29 is 4.74 Å². The molecule has 1 nitrogen and oxygen atoms in total. The molecule has 0 spiro atoms. The van der Waals surface area contributed by atoms with E-state index in [-0.39, 0.29) is 0 Å². The topological polar surface area (TPSA) is 9.23 Å².